The lowest BCUT2D eigenvalue weighted by atomic mass is 10.1. The van der Waals surface area contributed by atoms with Gasteiger partial charge >= 0.3 is 11.7 Å². The normalized spacial score (nSPS) is 13.4. The molecule has 1 fully saturated rings. The van der Waals surface area contributed by atoms with E-state index in [4.69, 9.17) is 9.47 Å². The highest BCUT2D eigenvalue weighted by Crippen LogP contribution is 2.40. The van der Waals surface area contributed by atoms with Gasteiger partial charge in [0, 0.05) is 17.1 Å². The molecule has 1 aliphatic rings. The highest BCUT2D eigenvalue weighted by atomic mass is 32.1. The van der Waals surface area contributed by atoms with Gasteiger partial charge in [-0.1, -0.05) is 0 Å². The second-order valence-corrected chi connectivity index (χ2v) is 6.23. The highest BCUT2D eigenvalue weighted by molar-refractivity contribution is 7.09. The molecule has 2 aromatic rings. The minimum atomic E-state index is -0.577. The Balaban J connectivity index is 1.97. The maximum atomic E-state index is 11.9. The maximum absolute atomic E-state index is 11.9. The first kappa shape index (κ1) is 16.2. The van der Waals surface area contributed by atoms with Crippen LogP contribution in [0.15, 0.2) is 23.8 Å². The molecular weight excluding hydrogens is 334 g/mol. The molecule has 24 heavy (non-hydrogen) atoms. The van der Waals surface area contributed by atoms with Crippen LogP contribution in [-0.4, -0.2) is 29.1 Å². The van der Waals surface area contributed by atoms with Crippen molar-refractivity contribution in [2.75, 3.05) is 12.4 Å². The van der Waals surface area contributed by atoms with Crippen molar-refractivity contribution in [3.05, 3.63) is 44.4 Å². The molecule has 0 amide bonds. The predicted octanol–water partition coefficient (Wildman–Crippen LogP) is 2.99. The van der Waals surface area contributed by atoms with Crippen LogP contribution in [0.3, 0.4) is 0 Å². The van der Waals surface area contributed by atoms with E-state index in [0.717, 1.165) is 17.7 Å². The van der Waals surface area contributed by atoms with E-state index in [9.17, 15) is 14.9 Å². The van der Waals surface area contributed by atoms with Gasteiger partial charge in [-0.3, -0.25) is 15.1 Å². The Morgan fingerprint density at radius 1 is 1.50 bits per heavy atom. The standard InChI is InChI=1S/C15H15N3O5S/c1-22-15(19)9-4-12(17-7-11-6-16-8-24-11)14(18(20)21)13(5-9)23-10-2-3-10/h4-6,8,10,17H,2-3,7H2,1H3. The van der Waals surface area contributed by atoms with Crippen LogP contribution in [0.5, 0.6) is 5.75 Å². The molecule has 0 bridgehead atoms. The van der Waals surface area contributed by atoms with Crippen molar-refractivity contribution in [1.82, 2.24) is 4.98 Å². The molecule has 0 saturated heterocycles. The largest absolute Gasteiger partial charge is 0.483 e. The van der Waals surface area contributed by atoms with Gasteiger partial charge in [0.1, 0.15) is 5.69 Å². The van der Waals surface area contributed by atoms with Gasteiger partial charge in [-0.15, -0.1) is 11.3 Å². The first-order chi connectivity index (χ1) is 11.6. The quantitative estimate of drug-likeness (QED) is 0.465. The third-order valence-corrected chi connectivity index (χ3v) is 4.21. The number of nitro benzene ring substituents is 1. The molecule has 9 heteroatoms. The van der Waals surface area contributed by atoms with Gasteiger partial charge in [-0.05, 0) is 18.9 Å². The molecule has 0 aliphatic heterocycles. The van der Waals surface area contributed by atoms with Gasteiger partial charge < -0.3 is 14.8 Å². The predicted molar refractivity (Wildman–Crippen MR) is 87.5 cm³/mol. The molecule has 0 radical (unpaired) electrons. The molecule has 1 N–H and O–H groups in total. The molecule has 0 unspecified atom stereocenters. The number of hydrogen-bond donors (Lipinski definition) is 1. The summed E-state index contributed by atoms with van der Waals surface area (Å²) < 4.78 is 10.3. The fraction of sp³-hybridized carbons (Fsp3) is 0.333. The van der Waals surface area contributed by atoms with Crippen LogP contribution in [0.25, 0.3) is 0 Å². The zero-order valence-electron chi connectivity index (χ0n) is 12.9. The molecule has 1 saturated carbocycles. The smallest absolute Gasteiger partial charge is 0.338 e. The van der Waals surface area contributed by atoms with Crippen molar-refractivity contribution >= 4 is 28.7 Å². The van der Waals surface area contributed by atoms with Crippen LogP contribution in [0.2, 0.25) is 0 Å². The first-order valence-corrected chi connectivity index (χ1v) is 8.15. The molecule has 1 aromatic carbocycles. The number of nitrogens with one attached hydrogen (secondary N) is 1. The van der Waals surface area contributed by atoms with Gasteiger partial charge in [0.15, 0.2) is 0 Å². The van der Waals surface area contributed by atoms with Gasteiger partial charge in [-0.25, -0.2) is 4.79 Å². The van der Waals surface area contributed by atoms with Gasteiger partial charge in [-0.2, -0.15) is 0 Å². The SMILES string of the molecule is COC(=O)c1cc(NCc2cncs2)c([N+](=O)[O-])c(OC2CC2)c1. The summed E-state index contributed by atoms with van der Waals surface area (Å²) in [5.41, 5.74) is 1.91. The number of methoxy groups -OCH3 is 1. The lowest BCUT2D eigenvalue weighted by molar-refractivity contribution is -0.385. The maximum Gasteiger partial charge on any atom is 0.338 e. The Kier molecular flexibility index (Phi) is 4.61. The van der Waals surface area contributed by atoms with E-state index in [1.165, 1.54) is 30.6 Å². The van der Waals surface area contributed by atoms with Crippen LogP contribution >= 0.6 is 11.3 Å². The summed E-state index contributed by atoms with van der Waals surface area (Å²) >= 11 is 1.43. The number of esters is 1. The lowest BCUT2D eigenvalue weighted by Crippen LogP contribution is -2.09. The number of hydrogen-bond acceptors (Lipinski definition) is 8. The average molecular weight is 349 g/mol. The fourth-order valence-electron chi connectivity index (χ4n) is 2.13. The van der Waals surface area contributed by atoms with Crippen LogP contribution in [0.4, 0.5) is 11.4 Å². The van der Waals surface area contributed by atoms with E-state index in [1.54, 1.807) is 11.7 Å². The summed E-state index contributed by atoms with van der Waals surface area (Å²) in [5, 5.41) is 14.5. The number of nitro groups is 1. The average Bonchev–Trinajstić information content (AvgIpc) is 3.22. The molecule has 8 nitrogen and oxygen atoms in total. The van der Waals surface area contributed by atoms with Gasteiger partial charge in [0.2, 0.25) is 5.75 Å². The molecule has 1 aliphatic carbocycles. The van der Waals surface area contributed by atoms with E-state index in [2.05, 4.69) is 10.3 Å². The molecule has 0 atom stereocenters. The molecule has 1 heterocycles. The van der Waals surface area contributed by atoms with Crippen LogP contribution in [0, 0.1) is 10.1 Å². The van der Waals surface area contributed by atoms with Crippen molar-refractivity contribution < 1.29 is 19.2 Å². The Hall–Kier alpha value is -2.68. The summed E-state index contributed by atoms with van der Waals surface area (Å²) in [4.78, 5) is 27.7. The van der Waals surface area contributed by atoms with E-state index >= 15 is 0 Å². The zero-order valence-corrected chi connectivity index (χ0v) is 13.7. The minimum Gasteiger partial charge on any atom is -0.483 e. The first-order valence-electron chi connectivity index (χ1n) is 7.27. The van der Waals surface area contributed by atoms with E-state index < -0.39 is 10.9 Å². The topological polar surface area (TPSA) is 104 Å². The van der Waals surface area contributed by atoms with Gasteiger partial charge in [0.05, 0.1) is 35.8 Å². The summed E-state index contributed by atoms with van der Waals surface area (Å²) in [7, 11) is 1.26. The number of anilines is 1. The monoisotopic (exact) mass is 349 g/mol. The van der Waals surface area contributed by atoms with E-state index in [-0.39, 0.29) is 28.8 Å². The summed E-state index contributed by atoms with van der Waals surface area (Å²) in [6.45, 7) is 0.360. The summed E-state index contributed by atoms with van der Waals surface area (Å²) in [6.07, 6.45) is 3.34. The Bertz CT molecular complexity index is 759. The van der Waals surface area contributed by atoms with Crippen molar-refractivity contribution in [2.24, 2.45) is 0 Å². The number of carbonyl (C=O) groups excluding carboxylic acids is 1. The summed E-state index contributed by atoms with van der Waals surface area (Å²) in [5.74, 6) is -0.497. The number of aromatic nitrogens is 1. The zero-order chi connectivity index (χ0) is 17.1. The Labute approximate surface area is 141 Å². The van der Waals surface area contributed by atoms with Crippen molar-refractivity contribution in [2.45, 2.75) is 25.5 Å². The lowest BCUT2D eigenvalue weighted by Gasteiger charge is -2.12. The molecule has 3 rings (SSSR count). The number of carbonyl (C=O) groups is 1. The van der Waals surface area contributed by atoms with Crippen molar-refractivity contribution in [3.8, 4) is 5.75 Å². The molecule has 126 valence electrons. The second kappa shape index (κ2) is 6.83. The third kappa shape index (κ3) is 3.62. The summed E-state index contributed by atoms with van der Waals surface area (Å²) in [6, 6.07) is 2.77. The molecule has 1 aromatic heterocycles. The van der Waals surface area contributed by atoms with Crippen molar-refractivity contribution in [1.29, 1.82) is 0 Å². The van der Waals surface area contributed by atoms with Crippen LogP contribution < -0.4 is 10.1 Å². The second-order valence-electron chi connectivity index (χ2n) is 5.26. The fourth-order valence-corrected chi connectivity index (χ4v) is 2.67. The molecule has 0 spiro atoms. The number of benzene rings is 1. The number of nitrogens with zero attached hydrogens (tertiary/aromatic N) is 2. The highest BCUT2D eigenvalue weighted by Gasteiger charge is 2.31. The van der Waals surface area contributed by atoms with Crippen molar-refractivity contribution in [3.63, 3.8) is 0 Å². The Morgan fingerprint density at radius 3 is 2.88 bits per heavy atom. The third-order valence-electron chi connectivity index (χ3n) is 3.43. The number of thiazole rings is 1. The van der Waals surface area contributed by atoms with E-state index in [0.29, 0.717) is 6.54 Å². The van der Waals surface area contributed by atoms with Gasteiger partial charge in [0.25, 0.3) is 0 Å². The molecular formula is C15H15N3O5S. The number of rotatable bonds is 7. The number of ether oxygens (including phenoxy) is 2. The Morgan fingerprint density at radius 2 is 2.29 bits per heavy atom. The van der Waals surface area contributed by atoms with Crippen LogP contribution in [-0.2, 0) is 11.3 Å². The van der Waals surface area contributed by atoms with E-state index in [1.807, 2.05) is 0 Å². The van der Waals surface area contributed by atoms with Crippen LogP contribution in [0.1, 0.15) is 28.1 Å². The minimum absolute atomic E-state index is 0.0362.